The number of nitro benzene ring substituents is 1. The molecule has 1 aromatic heterocycles. The number of sulfonamides is 1. The van der Waals surface area contributed by atoms with Gasteiger partial charge in [-0.3, -0.25) is 19.2 Å². The summed E-state index contributed by atoms with van der Waals surface area (Å²) in [4.78, 5) is 26.9. The van der Waals surface area contributed by atoms with Crippen LogP contribution in [0.1, 0.15) is 5.56 Å². The van der Waals surface area contributed by atoms with Crippen molar-refractivity contribution in [1.29, 1.82) is 0 Å². The molecule has 1 N–H and O–H groups in total. The molecule has 0 aliphatic carbocycles. The number of methoxy groups -OCH3 is 1. The molecule has 0 spiro atoms. The molecule has 0 fully saturated rings. The second-order valence-electron chi connectivity index (χ2n) is 6.77. The smallest absolute Gasteiger partial charge is 0.271 e. The summed E-state index contributed by atoms with van der Waals surface area (Å²) in [6, 6.07) is 11.9. The Morgan fingerprint density at radius 3 is 2.73 bits per heavy atom. The molecule has 3 aromatic rings. The number of carbonyl (C=O) groups excluding carboxylic acids is 1. The highest BCUT2D eigenvalue weighted by Crippen LogP contribution is 2.24. The van der Waals surface area contributed by atoms with Gasteiger partial charge in [-0.15, -0.1) is 0 Å². The first-order chi connectivity index (χ1) is 15.6. The number of fused-ring (bicyclic) bond motifs is 1. The second-order valence-corrected chi connectivity index (χ2v) is 9.03. The first kappa shape index (κ1) is 23.9. The van der Waals surface area contributed by atoms with Crippen LogP contribution in [0, 0.1) is 10.1 Å². The van der Waals surface area contributed by atoms with Crippen molar-refractivity contribution < 1.29 is 22.9 Å². The minimum atomic E-state index is -3.91. The molecule has 0 unspecified atom stereocenters. The summed E-state index contributed by atoms with van der Waals surface area (Å²) in [5.74, 6) is -0.142. The van der Waals surface area contributed by atoms with Gasteiger partial charge in [0, 0.05) is 29.1 Å². The molecular weight excluding hydrogens is 474 g/mol. The Labute approximate surface area is 193 Å². The average molecular weight is 492 g/mol. The highest BCUT2D eigenvalue weighted by Gasteiger charge is 2.22. The summed E-state index contributed by atoms with van der Waals surface area (Å²) in [5.41, 5.74) is 2.92. The molecule has 33 heavy (non-hydrogen) atoms. The zero-order valence-corrected chi connectivity index (χ0v) is 19.0. The lowest BCUT2D eigenvalue weighted by Crippen LogP contribution is -2.39. The SMILES string of the molecule is COc1ccc2cc(/C=N/NC(=O)CN(c3cccc([N+](=O)[O-])c3)S(C)(=O)=O)c(Cl)nc2c1. The average Bonchev–Trinajstić information content (AvgIpc) is 2.76. The maximum absolute atomic E-state index is 12.3. The summed E-state index contributed by atoms with van der Waals surface area (Å²) in [7, 11) is -2.37. The van der Waals surface area contributed by atoms with E-state index in [4.69, 9.17) is 16.3 Å². The number of aromatic nitrogens is 1. The predicted octanol–water partition coefficient (Wildman–Crippen LogP) is 2.72. The predicted molar refractivity (Wildman–Crippen MR) is 124 cm³/mol. The molecule has 1 amide bonds. The topological polar surface area (TPSA) is 144 Å². The van der Waals surface area contributed by atoms with Crippen molar-refractivity contribution in [2.24, 2.45) is 5.10 Å². The van der Waals surface area contributed by atoms with Gasteiger partial charge in [0.1, 0.15) is 17.4 Å². The van der Waals surface area contributed by atoms with E-state index in [0.29, 0.717) is 16.8 Å². The lowest BCUT2D eigenvalue weighted by atomic mass is 10.1. The number of anilines is 1. The highest BCUT2D eigenvalue weighted by atomic mass is 35.5. The number of hydrazone groups is 1. The van der Waals surface area contributed by atoms with Gasteiger partial charge in [0.25, 0.3) is 11.6 Å². The van der Waals surface area contributed by atoms with Gasteiger partial charge < -0.3 is 4.74 Å². The third kappa shape index (κ3) is 5.93. The van der Waals surface area contributed by atoms with Gasteiger partial charge in [-0.25, -0.2) is 18.8 Å². The van der Waals surface area contributed by atoms with Crippen molar-refractivity contribution >= 4 is 56.0 Å². The molecule has 0 atom stereocenters. The number of pyridine rings is 1. The number of halogens is 1. The number of hydrogen-bond donors (Lipinski definition) is 1. The Bertz CT molecular complexity index is 1360. The molecule has 11 nitrogen and oxygen atoms in total. The van der Waals surface area contributed by atoms with Crippen LogP contribution < -0.4 is 14.5 Å². The molecule has 0 saturated carbocycles. The van der Waals surface area contributed by atoms with Crippen LogP contribution in [-0.2, 0) is 14.8 Å². The molecular formula is C20H18ClN5O6S. The Kier molecular flexibility index (Phi) is 7.09. The zero-order chi connectivity index (χ0) is 24.2. The molecule has 0 bridgehead atoms. The fourth-order valence-corrected chi connectivity index (χ4v) is 3.90. The monoisotopic (exact) mass is 491 g/mol. The quantitative estimate of drug-likeness (QED) is 0.221. The van der Waals surface area contributed by atoms with E-state index in [1.807, 2.05) is 0 Å². The van der Waals surface area contributed by atoms with E-state index in [1.54, 1.807) is 24.3 Å². The van der Waals surface area contributed by atoms with E-state index in [9.17, 15) is 23.3 Å². The van der Waals surface area contributed by atoms with E-state index in [-0.39, 0.29) is 16.5 Å². The van der Waals surface area contributed by atoms with Crippen LogP contribution >= 0.6 is 11.6 Å². The van der Waals surface area contributed by atoms with Crippen LogP contribution in [0.2, 0.25) is 5.15 Å². The van der Waals surface area contributed by atoms with Gasteiger partial charge in [-0.1, -0.05) is 17.7 Å². The van der Waals surface area contributed by atoms with Crippen molar-refractivity contribution in [2.75, 3.05) is 24.2 Å². The lowest BCUT2D eigenvalue weighted by Gasteiger charge is -2.21. The summed E-state index contributed by atoms with van der Waals surface area (Å²) in [5, 5.41) is 15.7. The Hall–Kier alpha value is -3.77. The number of benzene rings is 2. The third-order valence-corrected chi connectivity index (χ3v) is 5.86. The van der Waals surface area contributed by atoms with Gasteiger partial charge in [-0.2, -0.15) is 5.10 Å². The summed E-state index contributed by atoms with van der Waals surface area (Å²) in [6.45, 7) is -0.638. The first-order valence-corrected chi connectivity index (χ1v) is 11.5. The van der Waals surface area contributed by atoms with Crippen LogP contribution in [0.4, 0.5) is 11.4 Å². The van der Waals surface area contributed by atoms with Crippen LogP contribution in [0.15, 0.2) is 53.6 Å². The number of ether oxygens (including phenoxy) is 1. The standard InChI is InChI=1S/C20H18ClN5O6S/c1-32-17-7-6-13-8-14(20(21)23-18(13)10-17)11-22-24-19(27)12-25(33(2,30)31)15-4-3-5-16(9-15)26(28)29/h3-11H,12H2,1-2H3,(H,24,27)/b22-11+. The zero-order valence-electron chi connectivity index (χ0n) is 17.4. The number of nitrogens with one attached hydrogen (secondary N) is 1. The molecule has 0 aliphatic heterocycles. The van der Waals surface area contributed by atoms with Gasteiger partial charge in [0.15, 0.2) is 0 Å². The van der Waals surface area contributed by atoms with Gasteiger partial charge in [-0.05, 0) is 24.3 Å². The van der Waals surface area contributed by atoms with Gasteiger partial charge in [0.2, 0.25) is 10.0 Å². The fourth-order valence-electron chi connectivity index (χ4n) is 2.86. The fraction of sp³-hybridized carbons (Fsp3) is 0.150. The van der Waals surface area contributed by atoms with E-state index in [2.05, 4.69) is 15.5 Å². The molecule has 3 rings (SSSR count). The summed E-state index contributed by atoms with van der Waals surface area (Å²) in [6.07, 6.45) is 2.16. The van der Waals surface area contributed by atoms with E-state index in [0.717, 1.165) is 22.0 Å². The van der Waals surface area contributed by atoms with Crippen molar-refractivity contribution in [3.63, 3.8) is 0 Å². The van der Waals surface area contributed by atoms with Crippen LogP contribution in [0.5, 0.6) is 5.75 Å². The normalized spacial score (nSPS) is 11.5. The maximum atomic E-state index is 12.3. The van der Waals surface area contributed by atoms with E-state index < -0.39 is 27.4 Å². The molecule has 0 aliphatic rings. The number of nitro groups is 1. The molecule has 0 saturated heterocycles. The number of amides is 1. The first-order valence-electron chi connectivity index (χ1n) is 9.27. The molecule has 0 radical (unpaired) electrons. The third-order valence-electron chi connectivity index (χ3n) is 4.41. The summed E-state index contributed by atoms with van der Waals surface area (Å²) >= 11 is 6.18. The molecule has 1 heterocycles. The molecule has 13 heteroatoms. The minimum Gasteiger partial charge on any atom is -0.497 e. The molecule has 172 valence electrons. The Morgan fingerprint density at radius 1 is 1.30 bits per heavy atom. The second kappa shape index (κ2) is 9.79. The number of nitrogens with zero attached hydrogens (tertiary/aromatic N) is 4. The number of rotatable bonds is 8. The highest BCUT2D eigenvalue weighted by molar-refractivity contribution is 7.92. The lowest BCUT2D eigenvalue weighted by molar-refractivity contribution is -0.384. The van der Waals surface area contributed by atoms with E-state index in [1.165, 1.54) is 31.5 Å². The van der Waals surface area contributed by atoms with Crippen molar-refractivity contribution in [3.05, 3.63) is 69.4 Å². The van der Waals surface area contributed by atoms with Crippen LogP contribution in [0.3, 0.4) is 0 Å². The number of non-ortho nitro benzene ring substituents is 1. The maximum Gasteiger partial charge on any atom is 0.271 e. The van der Waals surface area contributed by atoms with Crippen LogP contribution in [0.25, 0.3) is 10.9 Å². The van der Waals surface area contributed by atoms with Crippen molar-refractivity contribution in [2.45, 2.75) is 0 Å². The Morgan fingerprint density at radius 2 is 2.06 bits per heavy atom. The molecule has 2 aromatic carbocycles. The van der Waals surface area contributed by atoms with Crippen LogP contribution in [-0.4, -0.2) is 50.4 Å². The van der Waals surface area contributed by atoms with Gasteiger partial charge in [0.05, 0.1) is 35.7 Å². The Balaban J connectivity index is 1.76. The largest absolute Gasteiger partial charge is 0.497 e. The van der Waals surface area contributed by atoms with Crippen molar-refractivity contribution in [1.82, 2.24) is 10.4 Å². The van der Waals surface area contributed by atoms with Crippen molar-refractivity contribution in [3.8, 4) is 5.75 Å². The van der Waals surface area contributed by atoms with Gasteiger partial charge >= 0.3 is 0 Å². The minimum absolute atomic E-state index is 0.0250. The number of hydrogen-bond acceptors (Lipinski definition) is 8. The number of carbonyl (C=O) groups is 1. The summed E-state index contributed by atoms with van der Waals surface area (Å²) < 4.78 is 30.2. The van der Waals surface area contributed by atoms with E-state index >= 15 is 0 Å².